The SMILES string of the molecule is C=C[C@H]1CN2CC[C@H]1CC2Cc1ccnc2ccccc12. The highest BCUT2D eigenvalue weighted by Crippen LogP contribution is 2.38. The summed E-state index contributed by atoms with van der Waals surface area (Å²) in [5.74, 6) is 1.56. The molecule has 0 radical (unpaired) electrons. The summed E-state index contributed by atoms with van der Waals surface area (Å²) in [7, 11) is 0. The maximum atomic E-state index is 4.48. The summed E-state index contributed by atoms with van der Waals surface area (Å²) in [5.41, 5.74) is 2.57. The van der Waals surface area contributed by atoms with Gasteiger partial charge in [0.25, 0.3) is 0 Å². The maximum absolute atomic E-state index is 4.48. The normalized spacial score (nSPS) is 31.4. The standard InChI is InChI=1S/C19H22N2/c1-2-14-13-21-10-8-15(14)11-17(21)12-16-7-9-20-19-6-4-3-5-18(16)19/h2-7,9,14-15,17H,1,8,10-13H2/t14-,15-,17?/m0/s1. The Labute approximate surface area is 126 Å². The smallest absolute Gasteiger partial charge is 0.0704 e. The highest BCUT2D eigenvalue weighted by Gasteiger charge is 2.38. The molecule has 4 heterocycles. The van der Waals surface area contributed by atoms with E-state index in [4.69, 9.17) is 0 Å². The summed E-state index contributed by atoms with van der Waals surface area (Å²) < 4.78 is 0. The lowest BCUT2D eigenvalue weighted by Crippen LogP contribution is -2.53. The summed E-state index contributed by atoms with van der Waals surface area (Å²) in [6.45, 7) is 6.49. The van der Waals surface area contributed by atoms with E-state index in [9.17, 15) is 0 Å². The molecule has 1 aromatic carbocycles. The average Bonchev–Trinajstić information content (AvgIpc) is 2.56. The Hall–Kier alpha value is -1.67. The molecule has 4 atom stereocenters. The van der Waals surface area contributed by atoms with Gasteiger partial charge in [0.2, 0.25) is 0 Å². The molecule has 2 nitrogen and oxygen atoms in total. The van der Waals surface area contributed by atoms with Crippen molar-refractivity contribution < 1.29 is 0 Å². The Morgan fingerprint density at radius 3 is 3.00 bits per heavy atom. The van der Waals surface area contributed by atoms with Crippen LogP contribution in [-0.4, -0.2) is 29.0 Å². The largest absolute Gasteiger partial charge is 0.299 e. The van der Waals surface area contributed by atoms with E-state index in [1.807, 2.05) is 6.20 Å². The number of fused-ring (bicyclic) bond motifs is 4. The van der Waals surface area contributed by atoms with Crippen LogP contribution in [-0.2, 0) is 6.42 Å². The number of para-hydroxylation sites is 1. The van der Waals surface area contributed by atoms with Gasteiger partial charge in [-0.2, -0.15) is 0 Å². The van der Waals surface area contributed by atoms with Crippen LogP contribution in [0.3, 0.4) is 0 Å². The van der Waals surface area contributed by atoms with Crippen LogP contribution in [0.1, 0.15) is 18.4 Å². The van der Waals surface area contributed by atoms with E-state index in [0.717, 1.165) is 17.9 Å². The number of hydrogen-bond donors (Lipinski definition) is 0. The van der Waals surface area contributed by atoms with Crippen LogP contribution in [0.4, 0.5) is 0 Å². The van der Waals surface area contributed by atoms with Gasteiger partial charge in [-0.1, -0.05) is 24.3 Å². The third-order valence-electron chi connectivity index (χ3n) is 5.43. The number of pyridine rings is 1. The fourth-order valence-electron chi connectivity index (χ4n) is 4.25. The zero-order valence-electron chi connectivity index (χ0n) is 12.4. The topological polar surface area (TPSA) is 16.1 Å². The molecule has 3 fully saturated rings. The third kappa shape index (κ3) is 2.28. The van der Waals surface area contributed by atoms with Gasteiger partial charge in [-0.25, -0.2) is 0 Å². The van der Waals surface area contributed by atoms with Crippen molar-refractivity contribution in [3.63, 3.8) is 0 Å². The Balaban J connectivity index is 1.60. The van der Waals surface area contributed by atoms with Gasteiger partial charge in [0.05, 0.1) is 5.52 Å². The van der Waals surface area contributed by atoms with Crippen molar-refractivity contribution in [1.29, 1.82) is 0 Å². The lowest BCUT2D eigenvalue weighted by atomic mass is 9.74. The number of aromatic nitrogens is 1. The van der Waals surface area contributed by atoms with E-state index in [1.165, 1.54) is 36.9 Å². The molecule has 3 aliphatic heterocycles. The van der Waals surface area contributed by atoms with Gasteiger partial charge < -0.3 is 0 Å². The second kappa shape index (κ2) is 5.27. The van der Waals surface area contributed by atoms with Crippen molar-refractivity contribution in [2.24, 2.45) is 11.8 Å². The first-order chi connectivity index (χ1) is 10.3. The molecule has 108 valence electrons. The van der Waals surface area contributed by atoms with E-state index in [1.54, 1.807) is 0 Å². The monoisotopic (exact) mass is 278 g/mol. The fourth-order valence-corrected chi connectivity index (χ4v) is 4.25. The van der Waals surface area contributed by atoms with Gasteiger partial charge in [0.15, 0.2) is 0 Å². The average molecular weight is 278 g/mol. The Bertz CT molecular complexity index is 658. The molecular formula is C19H22N2. The van der Waals surface area contributed by atoms with E-state index in [2.05, 4.69) is 52.9 Å². The maximum Gasteiger partial charge on any atom is 0.0704 e. The molecule has 0 spiro atoms. The highest BCUT2D eigenvalue weighted by atomic mass is 15.2. The second-order valence-electron chi connectivity index (χ2n) is 6.52. The molecule has 5 rings (SSSR count). The first kappa shape index (κ1) is 13.0. The number of benzene rings is 1. The van der Waals surface area contributed by atoms with Crippen molar-refractivity contribution in [3.05, 3.63) is 54.7 Å². The van der Waals surface area contributed by atoms with Crippen LogP contribution in [0.2, 0.25) is 0 Å². The van der Waals surface area contributed by atoms with E-state index in [-0.39, 0.29) is 0 Å². The second-order valence-corrected chi connectivity index (χ2v) is 6.52. The molecule has 2 heteroatoms. The minimum absolute atomic E-state index is 0.700. The lowest BCUT2D eigenvalue weighted by molar-refractivity contribution is 0.0196. The summed E-state index contributed by atoms with van der Waals surface area (Å²) in [4.78, 5) is 7.16. The Kier molecular flexibility index (Phi) is 3.27. The molecule has 2 aromatic rings. The molecule has 21 heavy (non-hydrogen) atoms. The van der Waals surface area contributed by atoms with E-state index in [0.29, 0.717) is 12.0 Å². The van der Waals surface area contributed by atoms with Crippen molar-refractivity contribution in [3.8, 4) is 0 Å². The van der Waals surface area contributed by atoms with Gasteiger partial charge in [-0.05, 0) is 55.3 Å². The lowest BCUT2D eigenvalue weighted by Gasteiger charge is -2.49. The van der Waals surface area contributed by atoms with Crippen molar-refractivity contribution in [2.45, 2.75) is 25.3 Å². The molecule has 0 saturated carbocycles. The quantitative estimate of drug-likeness (QED) is 0.796. The first-order valence-electron chi connectivity index (χ1n) is 8.04. The minimum atomic E-state index is 0.700. The van der Waals surface area contributed by atoms with Crippen LogP contribution >= 0.6 is 0 Å². The molecule has 0 N–H and O–H groups in total. The molecule has 3 aliphatic rings. The summed E-state index contributed by atoms with van der Waals surface area (Å²) in [6, 6.07) is 11.4. The van der Waals surface area contributed by atoms with Gasteiger partial charge >= 0.3 is 0 Å². The Morgan fingerprint density at radius 2 is 2.19 bits per heavy atom. The van der Waals surface area contributed by atoms with Gasteiger partial charge in [0, 0.05) is 24.2 Å². The van der Waals surface area contributed by atoms with Crippen LogP contribution < -0.4 is 0 Å². The molecule has 2 bridgehead atoms. The minimum Gasteiger partial charge on any atom is -0.299 e. The molecule has 3 saturated heterocycles. The van der Waals surface area contributed by atoms with Crippen LogP contribution in [0.25, 0.3) is 10.9 Å². The van der Waals surface area contributed by atoms with Crippen molar-refractivity contribution in [2.75, 3.05) is 13.1 Å². The number of piperidine rings is 3. The van der Waals surface area contributed by atoms with Gasteiger partial charge in [-0.3, -0.25) is 9.88 Å². The van der Waals surface area contributed by atoms with E-state index >= 15 is 0 Å². The highest BCUT2D eigenvalue weighted by molar-refractivity contribution is 5.81. The Morgan fingerprint density at radius 1 is 1.29 bits per heavy atom. The zero-order chi connectivity index (χ0) is 14.2. The summed E-state index contributed by atoms with van der Waals surface area (Å²) in [5, 5.41) is 1.32. The number of rotatable bonds is 3. The van der Waals surface area contributed by atoms with Gasteiger partial charge in [-0.15, -0.1) is 6.58 Å². The molecule has 1 aromatic heterocycles. The first-order valence-corrected chi connectivity index (χ1v) is 8.04. The summed E-state index contributed by atoms with van der Waals surface area (Å²) in [6.07, 6.45) is 7.97. The van der Waals surface area contributed by atoms with Crippen LogP contribution in [0, 0.1) is 11.8 Å². The van der Waals surface area contributed by atoms with Gasteiger partial charge in [0.1, 0.15) is 0 Å². The molecule has 0 aliphatic carbocycles. The molecule has 0 amide bonds. The molecule has 2 unspecified atom stereocenters. The van der Waals surface area contributed by atoms with Crippen LogP contribution in [0.5, 0.6) is 0 Å². The predicted molar refractivity (Wildman–Crippen MR) is 87.2 cm³/mol. The summed E-state index contributed by atoms with van der Waals surface area (Å²) >= 11 is 0. The van der Waals surface area contributed by atoms with Crippen molar-refractivity contribution in [1.82, 2.24) is 9.88 Å². The van der Waals surface area contributed by atoms with Crippen molar-refractivity contribution >= 4 is 10.9 Å². The number of nitrogens with zero attached hydrogens (tertiary/aromatic N) is 2. The van der Waals surface area contributed by atoms with Crippen LogP contribution in [0.15, 0.2) is 49.2 Å². The fraction of sp³-hybridized carbons (Fsp3) is 0.421. The predicted octanol–water partition coefficient (Wildman–Crippen LogP) is 3.67. The zero-order valence-corrected chi connectivity index (χ0v) is 12.4. The van der Waals surface area contributed by atoms with E-state index < -0.39 is 0 Å². The number of hydrogen-bond acceptors (Lipinski definition) is 2. The molecular weight excluding hydrogens is 256 g/mol. The third-order valence-corrected chi connectivity index (χ3v) is 5.43.